The molecule has 0 spiro atoms. The summed E-state index contributed by atoms with van der Waals surface area (Å²) in [5.74, 6) is 0.998. The fourth-order valence-electron chi connectivity index (χ4n) is 4.29. The van der Waals surface area contributed by atoms with Crippen molar-refractivity contribution >= 4 is 11.8 Å². The van der Waals surface area contributed by atoms with Crippen LogP contribution in [0.5, 0.6) is 0 Å². The maximum absolute atomic E-state index is 12.6. The van der Waals surface area contributed by atoms with E-state index in [9.17, 15) is 9.59 Å². The van der Waals surface area contributed by atoms with E-state index in [-0.39, 0.29) is 29.8 Å². The van der Waals surface area contributed by atoms with Crippen LogP contribution in [0.2, 0.25) is 0 Å². The van der Waals surface area contributed by atoms with Crippen molar-refractivity contribution in [2.24, 2.45) is 23.2 Å². The summed E-state index contributed by atoms with van der Waals surface area (Å²) in [4.78, 5) is 24.4. The quantitative estimate of drug-likeness (QED) is 0.436. The monoisotopic (exact) mass is 318 g/mol. The number of fused-ring (bicyclic) bond motifs is 1. The molecule has 0 heterocycles. The molecule has 0 amide bonds. The summed E-state index contributed by atoms with van der Waals surface area (Å²) in [6.07, 6.45) is 6.70. The molecule has 4 unspecified atom stereocenters. The first-order chi connectivity index (χ1) is 10.8. The van der Waals surface area contributed by atoms with Crippen molar-refractivity contribution in [1.29, 1.82) is 0 Å². The second-order valence-corrected chi connectivity index (χ2v) is 7.67. The van der Waals surface area contributed by atoms with Gasteiger partial charge in [-0.15, -0.1) is 0 Å². The van der Waals surface area contributed by atoms with Crippen LogP contribution in [-0.4, -0.2) is 18.4 Å². The third-order valence-corrected chi connectivity index (χ3v) is 6.30. The van der Waals surface area contributed by atoms with Crippen molar-refractivity contribution in [3.8, 4) is 0 Å². The Hall–Kier alpha value is -1.38. The smallest absolute Gasteiger partial charge is 0.333 e. The van der Waals surface area contributed by atoms with Gasteiger partial charge in [0.1, 0.15) is 12.4 Å². The molecule has 0 saturated heterocycles. The van der Waals surface area contributed by atoms with Gasteiger partial charge in [-0.2, -0.15) is 0 Å². The first-order valence-corrected chi connectivity index (χ1v) is 8.80. The van der Waals surface area contributed by atoms with Gasteiger partial charge in [0.15, 0.2) is 0 Å². The van der Waals surface area contributed by atoms with E-state index in [1.165, 1.54) is 12.8 Å². The number of Topliss-reactive ketones (excluding diaryl/α,β-unsaturated/α-hetero) is 1. The molecule has 0 N–H and O–H groups in total. The molecule has 2 aliphatic carbocycles. The Bertz CT molecular complexity index is 531. The van der Waals surface area contributed by atoms with Gasteiger partial charge in [-0.1, -0.05) is 39.3 Å². The van der Waals surface area contributed by atoms with Gasteiger partial charge in [-0.3, -0.25) is 4.79 Å². The van der Waals surface area contributed by atoms with Gasteiger partial charge in [0.25, 0.3) is 0 Å². The summed E-state index contributed by atoms with van der Waals surface area (Å²) in [5.41, 5.74) is 1.56. The van der Waals surface area contributed by atoms with E-state index in [0.29, 0.717) is 23.7 Å². The Balaban J connectivity index is 2.02. The van der Waals surface area contributed by atoms with Crippen LogP contribution in [0, 0.1) is 23.2 Å². The highest BCUT2D eigenvalue weighted by atomic mass is 16.5. The first-order valence-electron chi connectivity index (χ1n) is 8.80. The molecule has 3 nitrogen and oxygen atoms in total. The van der Waals surface area contributed by atoms with Crippen LogP contribution in [0.4, 0.5) is 0 Å². The molecule has 0 aromatic carbocycles. The van der Waals surface area contributed by atoms with Gasteiger partial charge in [0, 0.05) is 17.9 Å². The van der Waals surface area contributed by atoms with Gasteiger partial charge < -0.3 is 4.74 Å². The molecule has 2 fully saturated rings. The molecule has 0 radical (unpaired) electrons. The molecule has 2 rings (SSSR count). The standard InChI is InChI=1S/C20H30O3/c1-6-13(2)19(22)23-12-14(3)16-10-18(21)17-9-7-8-15(4)20(17,5)11-16/h6,15-17H,3,7-12H2,1-2,4-5H3. The number of carbonyl (C=O) groups excluding carboxylic acids is 2. The number of hydrogen-bond donors (Lipinski definition) is 0. The lowest BCUT2D eigenvalue weighted by atomic mass is 9.53. The lowest BCUT2D eigenvalue weighted by Crippen LogP contribution is -2.47. The molecule has 128 valence electrons. The highest BCUT2D eigenvalue weighted by Gasteiger charge is 2.50. The van der Waals surface area contributed by atoms with E-state index in [1.54, 1.807) is 13.0 Å². The van der Waals surface area contributed by atoms with Crippen molar-refractivity contribution in [2.75, 3.05) is 6.61 Å². The molecule has 0 aromatic rings. The zero-order valence-electron chi connectivity index (χ0n) is 15.0. The number of ketones is 1. The van der Waals surface area contributed by atoms with Crippen molar-refractivity contribution in [1.82, 2.24) is 0 Å². The molecule has 0 aliphatic heterocycles. The van der Waals surface area contributed by atoms with E-state index in [0.717, 1.165) is 18.4 Å². The second-order valence-electron chi connectivity index (χ2n) is 7.67. The van der Waals surface area contributed by atoms with Gasteiger partial charge in [-0.05, 0) is 49.5 Å². The van der Waals surface area contributed by atoms with Gasteiger partial charge in [0.2, 0.25) is 0 Å². The molecule has 0 aromatic heterocycles. The van der Waals surface area contributed by atoms with Crippen molar-refractivity contribution in [3.63, 3.8) is 0 Å². The molecular weight excluding hydrogens is 288 g/mol. The minimum absolute atomic E-state index is 0.0738. The maximum atomic E-state index is 12.6. The Kier molecular flexibility index (Phi) is 5.49. The minimum atomic E-state index is -0.300. The lowest BCUT2D eigenvalue weighted by Gasteiger charge is -2.51. The van der Waals surface area contributed by atoms with Crippen molar-refractivity contribution < 1.29 is 14.3 Å². The van der Waals surface area contributed by atoms with Gasteiger partial charge in [0.05, 0.1) is 0 Å². The average molecular weight is 318 g/mol. The maximum Gasteiger partial charge on any atom is 0.333 e. The van der Waals surface area contributed by atoms with Crippen LogP contribution in [0.3, 0.4) is 0 Å². The SMILES string of the molecule is C=C(COC(=O)C(C)=CC)C1CC(=O)C2CCCC(C)C2(C)C1. The Morgan fingerprint density at radius 1 is 1.43 bits per heavy atom. The largest absolute Gasteiger partial charge is 0.458 e. The van der Waals surface area contributed by atoms with Crippen LogP contribution >= 0.6 is 0 Å². The number of hydrogen-bond acceptors (Lipinski definition) is 3. The Morgan fingerprint density at radius 2 is 2.13 bits per heavy atom. The molecule has 2 aliphatic rings. The normalized spacial score (nSPS) is 34.7. The van der Waals surface area contributed by atoms with Crippen molar-refractivity contribution in [3.05, 3.63) is 23.8 Å². The summed E-state index contributed by atoms with van der Waals surface area (Å²) < 4.78 is 5.32. The Morgan fingerprint density at radius 3 is 2.78 bits per heavy atom. The van der Waals surface area contributed by atoms with Crippen LogP contribution in [0.1, 0.15) is 59.8 Å². The average Bonchev–Trinajstić information content (AvgIpc) is 2.52. The highest BCUT2D eigenvalue weighted by Crippen LogP contribution is 2.54. The molecule has 0 bridgehead atoms. The number of esters is 1. The zero-order chi connectivity index (χ0) is 17.2. The molecule has 23 heavy (non-hydrogen) atoms. The molecule has 4 atom stereocenters. The fourth-order valence-corrected chi connectivity index (χ4v) is 4.29. The highest BCUT2D eigenvalue weighted by molar-refractivity contribution is 5.87. The Labute approximate surface area is 140 Å². The van der Waals surface area contributed by atoms with Gasteiger partial charge in [-0.25, -0.2) is 4.79 Å². The number of ether oxygens (including phenoxy) is 1. The van der Waals surface area contributed by atoms with Crippen molar-refractivity contribution in [2.45, 2.75) is 59.8 Å². The minimum Gasteiger partial charge on any atom is -0.458 e. The van der Waals surface area contributed by atoms with E-state index in [1.807, 2.05) is 6.92 Å². The third kappa shape index (κ3) is 3.59. The van der Waals surface area contributed by atoms with Crippen LogP contribution in [-0.2, 0) is 14.3 Å². The summed E-state index contributed by atoms with van der Waals surface area (Å²) in [6, 6.07) is 0. The summed E-state index contributed by atoms with van der Waals surface area (Å²) >= 11 is 0. The van der Waals surface area contributed by atoms with Gasteiger partial charge >= 0.3 is 5.97 Å². The lowest BCUT2D eigenvalue weighted by molar-refractivity contribution is -0.139. The topological polar surface area (TPSA) is 43.4 Å². The van der Waals surface area contributed by atoms with Crippen LogP contribution in [0.15, 0.2) is 23.8 Å². The molecular formula is C20H30O3. The summed E-state index contributed by atoms with van der Waals surface area (Å²) in [7, 11) is 0. The fraction of sp³-hybridized carbons (Fsp3) is 0.700. The third-order valence-electron chi connectivity index (χ3n) is 6.30. The molecule has 2 saturated carbocycles. The molecule has 3 heteroatoms. The zero-order valence-corrected chi connectivity index (χ0v) is 15.0. The second kappa shape index (κ2) is 7.02. The van der Waals surface area contributed by atoms with E-state index < -0.39 is 0 Å². The predicted octanol–water partition coefficient (Wildman–Crippen LogP) is 4.47. The number of allylic oxidation sites excluding steroid dienone is 1. The summed E-state index contributed by atoms with van der Waals surface area (Å²) in [6.45, 7) is 12.4. The number of rotatable bonds is 4. The van der Waals surface area contributed by atoms with E-state index >= 15 is 0 Å². The number of carbonyl (C=O) groups is 2. The first kappa shape index (κ1) is 18.0. The predicted molar refractivity (Wildman–Crippen MR) is 91.9 cm³/mol. The van der Waals surface area contributed by atoms with E-state index in [2.05, 4.69) is 20.4 Å². The van der Waals surface area contributed by atoms with Crippen LogP contribution in [0.25, 0.3) is 0 Å². The van der Waals surface area contributed by atoms with Crippen LogP contribution < -0.4 is 0 Å². The van der Waals surface area contributed by atoms with E-state index in [4.69, 9.17) is 4.74 Å². The summed E-state index contributed by atoms with van der Waals surface area (Å²) in [5, 5.41) is 0.